The molecular weight excluding hydrogens is 447 g/mol. The molecule has 0 N–H and O–H groups in total. The van der Waals surface area contributed by atoms with Crippen molar-refractivity contribution in [3.63, 3.8) is 0 Å². The zero-order valence-electron chi connectivity index (χ0n) is 16.0. The zero-order valence-corrected chi connectivity index (χ0v) is 18.2. The van der Waals surface area contributed by atoms with Gasteiger partial charge in [-0.25, -0.2) is 4.98 Å². The second-order valence-electron chi connectivity index (χ2n) is 7.16. The summed E-state index contributed by atoms with van der Waals surface area (Å²) < 4.78 is 0.868. The lowest BCUT2D eigenvalue weighted by atomic mass is 9.91. The number of hydrogen-bond donors (Lipinski definition) is 0. The standard InChI is InChI=1S/C23H23IN2O/c1-16-10-8-9-13-18(16)19-14-21(24)25-15-20(19)22(27)26(4)23(2,3)17-11-6-5-7-12-17/h5-15H,1-4H3. The molecule has 0 unspecified atom stereocenters. The molecule has 0 fully saturated rings. The molecule has 138 valence electrons. The van der Waals surface area contributed by atoms with Crippen LogP contribution in [0.15, 0.2) is 66.9 Å². The third-order valence-electron chi connectivity index (χ3n) is 5.16. The van der Waals surface area contributed by atoms with Crippen molar-refractivity contribution in [3.05, 3.63) is 87.3 Å². The Hall–Kier alpha value is -2.21. The van der Waals surface area contributed by atoms with E-state index in [9.17, 15) is 4.79 Å². The van der Waals surface area contributed by atoms with E-state index in [-0.39, 0.29) is 5.91 Å². The van der Waals surface area contributed by atoms with Crippen LogP contribution in [0.2, 0.25) is 0 Å². The van der Waals surface area contributed by atoms with Crippen LogP contribution in [0.4, 0.5) is 0 Å². The van der Waals surface area contributed by atoms with Gasteiger partial charge in [-0.15, -0.1) is 0 Å². The summed E-state index contributed by atoms with van der Waals surface area (Å²) >= 11 is 2.19. The van der Waals surface area contributed by atoms with Gasteiger partial charge in [-0.2, -0.15) is 0 Å². The monoisotopic (exact) mass is 470 g/mol. The van der Waals surface area contributed by atoms with E-state index in [1.54, 1.807) is 11.1 Å². The van der Waals surface area contributed by atoms with Gasteiger partial charge >= 0.3 is 0 Å². The van der Waals surface area contributed by atoms with Crippen molar-refractivity contribution < 1.29 is 4.79 Å². The number of benzene rings is 2. The maximum atomic E-state index is 13.5. The fourth-order valence-electron chi connectivity index (χ4n) is 3.17. The molecule has 3 rings (SSSR count). The predicted molar refractivity (Wildman–Crippen MR) is 119 cm³/mol. The molecule has 0 spiro atoms. The molecule has 0 aliphatic carbocycles. The maximum absolute atomic E-state index is 13.5. The molecule has 2 aromatic carbocycles. The van der Waals surface area contributed by atoms with Crippen LogP contribution in [-0.2, 0) is 5.54 Å². The fourth-order valence-corrected chi connectivity index (χ4v) is 3.62. The molecule has 0 saturated heterocycles. The Morgan fingerprint density at radius 2 is 1.63 bits per heavy atom. The highest BCUT2D eigenvalue weighted by Gasteiger charge is 2.31. The van der Waals surface area contributed by atoms with Gasteiger partial charge in [0.05, 0.1) is 11.1 Å². The Balaban J connectivity index is 2.06. The van der Waals surface area contributed by atoms with Crippen LogP contribution < -0.4 is 0 Å². The number of hydrogen-bond acceptors (Lipinski definition) is 2. The summed E-state index contributed by atoms with van der Waals surface area (Å²) in [5.41, 5.74) is 4.40. The third-order valence-corrected chi connectivity index (χ3v) is 5.75. The Labute approximate surface area is 174 Å². The van der Waals surface area contributed by atoms with Crippen molar-refractivity contribution in [1.29, 1.82) is 0 Å². The number of carbonyl (C=O) groups excluding carboxylic acids is 1. The van der Waals surface area contributed by atoms with Gasteiger partial charge in [0, 0.05) is 13.2 Å². The van der Waals surface area contributed by atoms with E-state index in [0.29, 0.717) is 5.56 Å². The van der Waals surface area contributed by atoms with Crippen molar-refractivity contribution in [2.24, 2.45) is 0 Å². The minimum absolute atomic E-state index is 0.0361. The van der Waals surface area contributed by atoms with Crippen molar-refractivity contribution in [1.82, 2.24) is 9.88 Å². The highest BCUT2D eigenvalue weighted by Crippen LogP contribution is 2.32. The van der Waals surface area contributed by atoms with E-state index in [1.165, 1.54) is 0 Å². The number of rotatable bonds is 4. The van der Waals surface area contributed by atoms with Gasteiger partial charge in [-0.1, -0.05) is 54.6 Å². The number of carbonyl (C=O) groups is 1. The average Bonchev–Trinajstić information content (AvgIpc) is 2.68. The van der Waals surface area contributed by atoms with Gasteiger partial charge in [-0.3, -0.25) is 4.79 Å². The lowest BCUT2D eigenvalue weighted by molar-refractivity contribution is 0.0622. The Morgan fingerprint density at radius 3 is 2.30 bits per heavy atom. The van der Waals surface area contributed by atoms with Crippen LogP contribution in [0.5, 0.6) is 0 Å². The number of pyridine rings is 1. The summed E-state index contributed by atoms with van der Waals surface area (Å²) in [5.74, 6) is -0.0361. The molecule has 0 radical (unpaired) electrons. The van der Waals surface area contributed by atoms with Crippen LogP contribution in [-0.4, -0.2) is 22.8 Å². The van der Waals surface area contributed by atoms with Crippen LogP contribution >= 0.6 is 22.6 Å². The maximum Gasteiger partial charge on any atom is 0.256 e. The second-order valence-corrected chi connectivity index (χ2v) is 8.26. The Kier molecular flexibility index (Phi) is 5.65. The van der Waals surface area contributed by atoms with E-state index in [0.717, 1.165) is 26.0 Å². The number of nitrogens with zero attached hydrogens (tertiary/aromatic N) is 2. The molecule has 0 atom stereocenters. The van der Waals surface area contributed by atoms with E-state index >= 15 is 0 Å². The molecule has 3 nitrogen and oxygen atoms in total. The lowest BCUT2D eigenvalue weighted by Crippen LogP contribution is -2.43. The molecule has 4 heteroatoms. The average molecular weight is 470 g/mol. The zero-order chi connectivity index (χ0) is 19.6. The van der Waals surface area contributed by atoms with Crippen molar-refractivity contribution in [3.8, 4) is 11.1 Å². The Bertz CT molecular complexity index is 967. The summed E-state index contributed by atoms with van der Waals surface area (Å²) in [6.07, 6.45) is 1.70. The molecule has 0 aliphatic rings. The molecular formula is C23H23IN2O. The number of halogens is 1. The smallest absolute Gasteiger partial charge is 0.256 e. The van der Waals surface area contributed by atoms with E-state index in [2.05, 4.69) is 72.6 Å². The molecule has 3 aromatic rings. The normalized spacial score (nSPS) is 11.3. The van der Waals surface area contributed by atoms with E-state index < -0.39 is 5.54 Å². The number of amides is 1. The first-order chi connectivity index (χ1) is 12.8. The summed E-state index contributed by atoms with van der Waals surface area (Å²) in [6.45, 7) is 6.19. The second kappa shape index (κ2) is 7.80. The summed E-state index contributed by atoms with van der Waals surface area (Å²) in [6, 6.07) is 20.2. The third kappa shape index (κ3) is 3.90. The SMILES string of the molecule is Cc1ccccc1-c1cc(I)ncc1C(=O)N(C)C(C)(C)c1ccccc1. The summed E-state index contributed by atoms with van der Waals surface area (Å²) in [7, 11) is 1.86. The van der Waals surface area contributed by atoms with Crippen LogP contribution in [0.1, 0.15) is 35.3 Å². The minimum Gasteiger partial charge on any atom is -0.332 e. The van der Waals surface area contributed by atoms with Crippen LogP contribution in [0.3, 0.4) is 0 Å². The first-order valence-electron chi connectivity index (χ1n) is 8.87. The minimum atomic E-state index is -0.440. The Morgan fingerprint density at radius 1 is 1.00 bits per heavy atom. The molecule has 0 bridgehead atoms. The van der Waals surface area contributed by atoms with Gasteiger partial charge in [0.15, 0.2) is 0 Å². The van der Waals surface area contributed by atoms with E-state index in [1.807, 2.05) is 43.4 Å². The molecule has 1 heterocycles. The van der Waals surface area contributed by atoms with E-state index in [4.69, 9.17) is 0 Å². The summed E-state index contributed by atoms with van der Waals surface area (Å²) in [4.78, 5) is 19.7. The van der Waals surface area contributed by atoms with Crippen molar-refractivity contribution in [2.75, 3.05) is 7.05 Å². The molecule has 0 saturated carbocycles. The van der Waals surface area contributed by atoms with Gasteiger partial charge in [-0.05, 0) is 71.7 Å². The van der Waals surface area contributed by atoms with Crippen LogP contribution in [0.25, 0.3) is 11.1 Å². The molecule has 0 aliphatic heterocycles. The number of aryl methyl sites for hydroxylation is 1. The fraction of sp³-hybridized carbons (Fsp3) is 0.217. The van der Waals surface area contributed by atoms with Gasteiger partial charge < -0.3 is 4.90 Å². The quantitative estimate of drug-likeness (QED) is 0.364. The summed E-state index contributed by atoms with van der Waals surface area (Å²) in [5, 5.41) is 0. The highest BCUT2D eigenvalue weighted by atomic mass is 127. The highest BCUT2D eigenvalue weighted by molar-refractivity contribution is 14.1. The lowest BCUT2D eigenvalue weighted by Gasteiger charge is -2.36. The number of aromatic nitrogens is 1. The molecule has 1 aromatic heterocycles. The molecule has 27 heavy (non-hydrogen) atoms. The predicted octanol–water partition coefficient (Wildman–Crippen LogP) is 5.67. The van der Waals surface area contributed by atoms with Crippen molar-refractivity contribution in [2.45, 2.75) is 26.3 Å². The van der Waals surface area contributed by atoms with Gasteiger partial charge in [0.2, 0.25) is 0 Å². The van der Waals surface area contributed by atoms with Crippen molar-refractivity contribution >= 4 is 28.5 Å². The first kappa shape index (κ1) is 19.5. The molecule has 1 amide bonds. The largest absolute Gasteiger partial charge is 0.332 e. The van der Waals surface area contributed by atoms with Gasteiger partial charge in [0.25, 0.3) is 5.91 Å². The first-order valence-corrected chi connectivity index (χ1v) is 9.95. The topological polar surface area (TPSA) is 33.2 Å². The van der Waals surface area contributed by atoms with Crippen LogP contribution in [0, 0.1) is 10.6 Å². The van der Waals surface area contributed by atoms with Gasteiger partial charge in [0.1, 0.15) is 3.70 Å².